The van der Waals surface area contributed by atoms with Gasteiger partial charge in [0.05, 0.1) is 0 Å². The van der Waals surface area contributed by atoms with E-state index in [0.29, 0.717) is 19.3 Å². The summed E-state index contributed by atoms with van der Waals surface area (Å²) in [6, 6.07) is 0. The molecular formula is C61H104O6. The molecule has 1 unspecified atom stereocenters. The van der Waals surface area contributed by atoms with E-state index < -0.39 is 6.10 Å². The van der Waals surface area contributed by atoms with Crippen LogP contribution in [-0.4, -0.2) is 37.2 Å². The predicted molar refractivity (Wildman–Crippen MR) is 288 cm³/mol. The molecule has 1 atom stereocenters. The molecule has 0 bridgehead atoms. The van der Waals surface area contributed by atoms with Gasteiger partial charge in [0.1, 0.15) is 13.2 Å². The van der Waals surface area contributed by atoms with Crippen LogP contribution in [-0.2, 0) is 28.6 Å². The fourth-order valence-corrected chi connectivity index (χ4v) is 7.63. The first-order chi connectivity index (χ1) is 33.0. The number of hydrogen-bond donors (Lipinski definition) is 0. The molecule has 0 heterocycles. The number of rotatable bonds is 50. The van der Waals surface area contributed by atoms with Gasteiger partial charge in [0.25, 0.3) is 0 Å². The maximum Gasteiger partial charge on any atom is 0.306 e. The van der Waals surface area contributed by atoms with E-state index in [4.69, 9.17) is 14.2 Å². The van der Waals surface area contributed by atoms with E-state index in [2.05, 4.69) is 106 Å². The lowest BCUT2D eigenvalue weighted by Gasteiger charge is -2.18. The molecule has 0 saturated heterocycles. The first-order valence-corrected chi connectivity index (χ1v) is 28.1. The topological polar surface area (TPSA) is 78.9 Å². The van der Waals surface area contributed by atoms with Crippen LogP contribution < -0.4 is 0 Å². The van der Waals surface area contributed by atoms with Crippen LogP contribution >= 0.6 is 0 Å². The summed E-state index contributed by atoms with van der Waals surface area (Å²) in [5, 5.41) is 0. The lowest BCUT2D eigenvalue weighted by atomic mass is 10.1. The Kier molecular flexibility index (Phi) is 52.4. The van der Waals surface area contributed by atoms with Crippen molar-refractivity contribution in [3.63, 3.8) is 0 Å². The molecule has 67 heavy (non-hydrogen) atoms. The van der Waals surface area contributed by atoms with Gasteiger partial charge in [0, 0.05) is 19.3 Å². The van der Waals surface area contributed by atoms with E-state index in [1.165, 1.54) is 103 Å². The molecule has 0 aromatic carbocycles. The minimum atomic E-state index is -0.795. The zero-order chi connectivity index (χ0) is 48.6. The zero-order valence-corrected chi connectivity index (χ0v) is 43.9. The Hall–Kier alpha value is -3.41. The fraction of sp³-hybridized carbons (Fsp3) is 0.721. The van der Waals surface area contributed by atoms with Gasteiger partial charge in [-0.25, -0.2) is 0 Å². The van der Waals surface area contributed by atoms with Crippen LogP contribution in [0.15, 0.2) is 85.1 Å². The molecule has 0 rings (SSSR count). The minimum absolute atomic E-state index is 0.0924. The minimum Gasteiger partial charge on any atom is -0.462 e. The Balaban J connectivity index is 4.44. The van der Waals surface area contributed by atoms with Gasteiger partial charge in [-0.1, -0.05) is 215 Å². The van der Waals surface area contributed by atoms with E-state index in [-0.39, 0.29) is 31.1 Å². The van der Waals surface area contributed by atoms with Crippen molar-refractivity contribution in [2.24, 2.45) is 0 Å². The highest BCUT2D eigenvalue weighted by molar-refractivity contribution is 5.71. The fourth-order valence-electron chi connectivity index (χ4n) is 7.63. The number of carbonyl (C=O) groups excluding carboxylic acids is 3. The highest BCUT2D eigenvalue weighted by Gasteiger charge is 2.19. The van der Waals surface area contributed by atoms with Crippen LogP contribution in [0.25, 0.3) is 0 Å². The molecule has 0 aliphatic rings. The summed E-state index contributed by atoms with van der Waals surface area (Å²) in [4.78, 5) is 38.1. The Morgan fingerprint density at radius 1 is 0.313 bits per heavy atom. The molecule has 0 amide bonds. The second-order valence-corrected chi connectivity index (χ2v) is 18.5. The first kappa shape index (κ1) is 63.6. The molecule has 0 aromatic rings. The van der Waals surface area contributed by atoms with Gasteiger partial charge >= 0.3 is 17.9 Å². The summed E-state index contributed by atoms with van der Waals surface area (Å²) in [5.74, 6) is -0.926. The standard InChI is InChI=1S/C61H104O6/c1-4-7-10-13-16-19-22-25-28-29-30-31-34-36-39-42-45-48-51-54-60(63)66-57-58(67-61(64)55-52-49-46-43-40-37-33-27-24-21-18-15-12-9-6-3)56-65-59(62)53-50-47-44-41-38-35-32-26-23-20-17-14-11-8-5-2/h9,12,16,18-19,21,25-28,30-33,58H,4-8,10-11,13-15,17,20,22-24,29,34-57H2,1-3H3/b12-9-,19-16-,21-18-,28-25-,31-30-,32-26-,33-27-. The van der Waals surface area contributed by atoms with Crippen molar-refractivity contribution < 1.29 is 28.6 Å². The van der Waals surface area contributed by atoms with Gasteiger partial charge in [-0.2, -0.15) is 0 Å². The normalized spacial score (nSPS) is 12.7. The average Bonchev–Trinajstić information content (AvgIpc) is 3.33. The molecule has 6 nitrogen and oxygen atoms in total. The quantitative estimate of drug-likeness (QED) is 0.0262. The third-order valence-corrected chi connectivity index (χ3v) is 11.9. The number of ether oxygens (including phenoxy) is 3. The summed E-state index contributed by atoms with van der Waals surface area (Å²) in [7, 11) is 0. The summed E-state index contributed by atoms with van der Waals surface area (Å²) in [6.45, 7) is 6.47. The SMILES string of the molecule is CC/C=C\C/C=C\C/C=C\CCCCCCCC(=O)OC(COC(=O)CCCCCCC/C=C\CCCCCCCC)COC(=O)CCCCCCCC/C=C\C/C=C\C/C=C\CCCCC. The van der Waals surface area contributed by atoms with E-state index >= 15 is 0 Å². The monoisotopic (exact) mass is 933 g/mol. The Morgan fingerprint density at radius 3 is 0.955 bits per heavy atom. The van der Waals surface area contributed by atoms with Crippen molar-refractivity contribution in [1.82, 2.24) is 0 Å². The second kappa shape index (κ2) is 55.2. The average molecular weight is 933 g/mol. The Bertz CT molecular complexity index is 1300. The number of hydrogen-bond acceptors (Lipinski definition) is 6. The van der Waals surface area contributed by atoms with Crippen molar-refractivity contribution in [3.05, 3.63) is 85.1 Å². The smallest absolute Gasteiger partial charge is 0.306 e. The first-order valence-electron chi connectivity index (χ1n) is 28.1. The molecule has 0 fully saturated rings. The lowest BCUT2D eigenvalue weighted by Crippen LogP contribution is -2.30. The number of unbranched alkanes of at least 4 members (excludes halogenated alkanes) is 25. The van der Waals surface area contributed by atoms with Gasteiger partial charge in [0.15, 0.2) is 6.10 Å². The molecule has 0 spiro atoms. The molecule has 6 heteroatoms. The second-order valence-electron chi connectivity index (χ2n) is 18.5. The van der Waals surface area contributed by atoms with Crippen molar-refractivity contribution in [1.29, 1.82) is 0 Å². The molecule has 0 aromatic heterocycles. The summed E-state index contributed by atoms with van der Waals surface area (Å²) >= 11 is 0. The van der Waals surface area contributed by atoms with Crippen LogP contribution in [0.2, 0.25) is 0 Å². The van der Waals surface area contributed by atoms with Gasteiger partial charge < -0.3 is 14.2 Å². The van der Waals surface area contributed by atoms with Crippen LogP contribution in [0.1, 0.15) is 265 Å². The molecule has 0 N–H and O–H groups in total. The highest BCUT2D eigenvalue weighted by atomic mass is 16.6. The summed E-state index contributed by atoms with van der Waals surface area (Å²) in [5.41, 5.74) is 0. The third kappa shape index (κ3) is 53.4. The van der Waals surface area contributed by atoms with Gasteiger partial charge in [-0.3, -0.25) is 14.4 Å². The van der Waals surface area contributed by atoms with Gasteiger partial charge in [0.2, 0.25) is 0 Å². The van der Waals surface area contributed by atoms with Crippen molar-refractivity contribution in [2.75, 3.05) is 13.2 Å². The Labute approximate surface area is 414 Å². The number of carbonyl (C=O) groups is 3. The number of allylic oxidation sites excluding steroid dienone is 14. The van der Waals surface area contributed by atoms with E-state index in [1.807, 2.05) is 0 Å². The van der Waals surface area contributed by atoms with E-state index in [0.717, 1.165) is 122 Å². The van der Waals surface area contributed by atoms with Gasteiger partial charge in [-0.15, -0.1) is 0 Å². The van der Waals surface area contributed by atoms with Crippen molar-refractivity contribution in [3.8, 4) is 0 Å². The maximum atomic E-state index is 12.8. The van der Waals surface area contributed by atoms with Gasteiger partial charge in [-0.05, 0) is 116 Å². The summed E-state index contributed by atoms with van der Waals surface area (Å²) in [6.07, 6.45) is 71.3. The molecule has 0 saturated carbocycles. The molecule has 0 aliphatic carbocycles. The largest absolute Gasteiger partial charge is 0.462 e. The molecular weight excluding hydrogens is 829 g/mol. The van der Waals surface area contributed by atoms with Crippen LogP contribution in [0.3, 0.4) is 0 Å². The van der Waals surface area contributed by atoms with Crippen LogP contribution in [0, 0.1) is 0 Å². The van der Waals surface area contributed by atoms with Crippen molar-refractivity contribution >= 4 is 17.9 Å². The summed E-state index contributed by atoms with van der Waals surface area (Å²) < 4.78 is 16.8. The zero-order valence-electron chi connectivity index (χ0n) is 43.9. The van der Waals surface area contributed by atoms with Crippen LogP contribution in [0.4, 0.5) is 0 Å². The maximum absolute atomic E-state index is 12.8. The lowest BCUT2D eigenvalue weighted by molar-refractivity contribution is -0.167. The molecule has 384 valence electrons. The van der Waals surface area contributed by atoms with E-state index in [1.54, 1.807) is 0 Å². The predicted octanol–water partition coefficient (Wildman–Crippen LogP) is 18.8. The Morgan fingerprint density at radius 2 is 0.582 bits per heavy atom. The third-order valence-electron chi connectivity index (χ3n) is 11.9. The number of esters is 3. The molecule has 0 radical (unpaired) electrons. The van der Waals surface area contributed by atoms with Crippen molar-refractivity contribution in [2.45, 2.75) is 271 Å². The van der Waals surface area contributed by atoms with E-state index in [9.17, 15) is 14.4 Å². The highest BCUT2D eigenvalue weighted by Crippen LogP contribution is 2.14. The van der Waals surface area contributed by atoms with Crippen LogP contribution in [0.5, 0.6) is 0 Å². The molecule has 0 aliphatic heterocycles.